The molecule has 0 spiro atoms. The summed E-state index contributed by atoms with van der Waals surface area (Å²) in [5, 5.41) is 2.27. The monoisotopic (exact) mass is 454 g/mol. The van der Waals surface area contributed by atoms with Crippen molar-refractivity contribution in [1.82, 2.24) is 9.62 Å². The molecule has 2 heterocycles. The van der Waals surface area contributed by atoms with Gasteiger partial charge in [0.25, 0.3) is 0 Å². The molecule has 3 aromatic carbocycles. The molecule has 1 N–H and O–H groups in total. The Bertz CT molecular complexity index is 1200. The number of fused-ring (bicyclic) bond motifs is 2. The Kier molecular flexibility index (Phi) is 6.01. The van der Waals surface area contributed by atoms with Gasteiger partial charge in [-0.1, -0.05) is 42.5 Å². The standard InChI is InChI=1S/C24H26N2O5S/c27-32(28,19-8-9-23-24(16-19)31-15-14-30-23)25-17-22(26-10-12-29-13-11-26)21-7-3-5-18-4-1-2-6-20(18)21/h1-9,16,22,25H,10-15,17H2/t22-/m1/s1. The zero-order chi connectivity index (χ0) is 22.0. The number of hydrogen-bond donors (Lipinski definition) is 1. The highest BCUT2D eigenvalue weighted by molar-refractivity contribution is 7.89. The summed E-state index contributed by atoms with van der Waals surface area (Å²) in [7, 11) is -3.73. The third kappa shape index (κ3) is 4.31. The predicted molar refractivity (Wildman–Crippen MR) is 122 cm³/mol. The second-order valence-electron chi connectivity index (χ2n) is 7.89. The van der Waals surface area contributed by atoms with Crippen molar-refractivity contribution in [2.75, 3.05) is 46.1 Å². The number of benzene rings is 3. The maximum Gasteiger partial charge on any atom is 0.240 e. The maximum absolute atomic E-state index is 13.1. The first kappa shape index (κ1) is 21.2. The van der Waals surface area contributed by atoms with Crippen molar-refractivity contribution in [3.05, 3.63) is 66.2 Å². The average molecular weight is 455 g/mol. The van der Waals surface area contributed by atoms with E-state index in [-0.39, 0.29) is 17.5 Å². The van der Waals surface area contributed by atoms with Gasteiger partial charge in [-0.05, 0) is 28.5 Å². The molecule has 32 heavy (non-hydrogen) atoms. The predicted octanol–water partition coefficient (Wildman–Crippen LogP) is 2.96. The van der Waals surface area contributed by atoms with Crippen molar-refractivity contribution in [3.8, 4) is 11.5 Å². The van der Waals surface area contributed by atoms with Gasteiger partial charge in [0.1, 0.15) is 13.2 Å². The van der Waals surface area contributed by atoms with Crippen LogP contribution in [0.15, 0.2) is 65.6 Å². The SMILES string of the molecule is O=S(=O)(NC[C@H](c1cccc2ccccc12)N1CCOCC1)c1ccc2c(c1)OCCO2. The molecule has 0 amide bonds. The Morgan fingerprint density at radius 3 is 2.47 bits per heavy atom. The second-order valence-corrected chi connectivity index (χ2v) is 9.66. The first-order valence-electron chi connectivity index (χ1n) is 10.8. The van der Waals surface area contributed by atoms with Gasteiger partial charge >= 0.3 is 0 Å². The lowest BCUT2D eigenvalue weighted by atomic mass is 9.97. The lowest BCUT2D eigenvalue weighted by molar-refractivity contribution is 0.0175. The molecule has 5 rings (SSSR count). The molecular weight excluding hydrogens is 428 g/mol. The van der Waals surface area contributed by atoms with E-state index in [1.165, 1.54) is 6.07 Å². The highest BCUT2D eigenvalue weighted by Gasteiger charge is 2.27. The molecule has 8 heteroatoms. The quantitative estimate of drug-likeness (QED) is 0.617. The van der Waals surface area contributed by atoms with Gasteiger partial charge in [-0.2, -0.15) is 0 Å². The molecule has 3 aromatic rings. The summed E-state index contributed by atoms with van der Waals surface area (Å²) in [5.41, 5.74) is 1.11. The molecule has 0 radical (unpaired) electrons. The first-order valence-corrected chi connectivity index (χ1v) is 12.3. The second kappa shape index (κ2) is 9.07. The third-order valence-electron chi connectivity index (χ3n) is 5.96. The zero-order valence-corrected chi connectivity index (χ0v) is 18.5. The van der Waals surface area contributed by atoms with Crippen LogP contribution in [-0.4, -0.2) is 59.4 Å². The van der Waals surface area contributed by atoms with Crippen LogP contribution in [0.5, 0.6) is 11.5 Å². The van der Waals surface area contributed by atoms with E-state index in [4.69, 9.17) is 14.2 Å². The van der Waals surface area contributed by atoms with Gasteiger partial charge < -0.3 is 14.2 Å². The highest BCUT2D eigenvalue weighted by Crippen LogP contribution is 2.33. The van der Waals surface area contributed by atoms with E-state index in [1.807, 2.05) is 18.2 Å². The number of sulfonamides is 1. The van der Waals surface area contributed by atoms with Crippen LogP contribution < -0.4 is 14.2 Å². The van der Waals surface area contributed by atoms with Crippen LogP contribution in [-0.2, 0) is 14.8 Å². The van der Waals surface area contributed by atoms with Crippen LogP contribution in [0.4, 0.5) is 0 Å². The summed E-state index contributed by atoms with van der Waals surface area (Å²) in [6, 6.07) is 19.0. The zero-order valence-electron chi connectivity index (χ0n) is 17.7. The molecule has 168 valence electrons. The highest BCUT2D eigenvalue weighted by atomic mass is 32.2. The van der Waals surface area contributed by atoms with Crippen LogP contribution in [0.25, 0.3) is 10.8 Å². The van der Waals surface area contributed by atoms with Crippen LogP contribution in [0.3, 0.4) is 0 Å². The van der Waals surface area contributed by atoms with Gasteiger partial charge in [-0.25, -0.2) is 13.1 Å². The molecule has 2 aliphatic heterocycles. The summed E-state index contributed by atoms with van der Waals surface area (Å²) in [4.78, 5) is 2.46. The largest absolute Gasteiger partial charge is 0.486 e. The number of nitrogens with zero attached hydrogens (tertiary/aromatic N) is 1. The van der Waals surface area contributed by atoms with Crippen molar-refractivity contribution in [1.29, 1.82) is 0 Å². The molecule has 0 bridgehead atoms. The van der Waals surface area contributed by atoms with Gasteiger partial charge in [0.2, 0.25) is 10.0 Å². The van der Waals surface area contributed by atoms with Crippen molar-refractivity contribution >= 4 is 20.8 Å². The van der Waals surface area contributed by atoms with Crippen molar-refractivity contribution in [2.24, 2.45) is 0 Å². The Morgan fingerprint density at radius 2 is 1.62 bits per heavy atom. The molecule has 1 saturated heterocycles. The van der Waals surface area contributed by atoms with E-state index >= 15 is 0 Å². The first-order chi connectivity index (χ1) is 15.6. The van der Waals surface area contributed by atoms with E-state index in [0.29, 0.717) is 37.9 Å². The number of ether oxygens (including phenoxy) is 3. The van der Waals surface area contributed by atoms with E-state index in [9.17, 15) is 8.42 Å². The van der Waals surface area contributed by atoms with Crippen molar-refractivity contribution < 1.29 is 22.6 Å². The van der Waals surface area contributed by atoms with Gasteiger partial charge in [0.05, 0.1) is 18.1 Å². The molecule has 1 atom stereocenters. The van der Waals surface area contributed by atoms with Crippen molar-refractivity contribution in [2.45, 2.75) is 10.9 Å². The lowest BCUT2D eigenvalue weighted by Crippen LogP contribution is -2.43. The normalized spacial score (nSPS) is 17.9. The number of morpholine rings is 1. The van der Waals surface area contributed by atoms with Crippen molar-refractivity contribution in [3.63, 3.8) is 0 Å². The Balaban J connectivity index is 1.44. The van der Waals surface area contributed by atoms with E-state index in [2.05, 4.69) is 33.9 Å². The molecule has 0 unspecified atom stereocenters. The van der Waals surface area contributed by atoms with Crippen LogP contribution in [0, 0.1) is 0 Å². The maximum atomic E-state index is 13.1. The fraction of sp³-hybridized carbons (Fsp3) is 0.333. The Morgan fingerprint density at radius 1 is 0.875 bits per heavy atom. The fourth-order valence-corrected chi connectivity index (χ4v) is 5.38. The topological polar surface area (TPSA) is 77.1 Å². The summed E-state index contributed by atoms with van der Waals surface area (Å²) in [6.07, 6.45) is 0. The lowest BCUT2D eigenvalue weighted by Gasteiger charge is -2.35. The minimum Gasteiger partial charge on any atom is -0.486 e. The molecular formula is C24H26N2O5S. The molecule has 1 fully saturated rings. The van der Waals surface area contributed by atoms with Crippen LogP contribution in [0.1, 0.15) is 11.6 Å². The van der Waals surface area contributed by atoms with Gasteiger partial charge in [-0.15, -0.1) is 0 Å². The third-order valence-corrected chi connectivity index (χ3v) is 7.38. The number of hydrogen-bond acceptors (Lipinski definition) is 6. The van der Waals surface area contributed by atoms with E-state index < -0.39 is 10.0 Å². The summed E-state index contributed by atoms with van der Waals surface area (Å²) < 4.78 is 45.7. The van der Waals surface area contributed by atoms with E-state index in [0.717, 1.165) is 29.4 Å². The molecule has 0 aliphatic carbocycles. The van der Waals surface area contributed by atoms with Gasteiger partial charge in [0, 0.05) is 31.7 Å². The number of nitrogens with one attached hydrogen (secondary N) is 1. The number of rotatable bonds is 6. The van der Waals surface area contributed by atoms with Crippen LogP contribution >= 0.6 is 0 Å². The minimum atomic E-state index is -3.73. The van der Waals surface area contributed by atoms with E-state index in [1.54, 1.807) is 12.1 Å². The fourth-order valence-electron chi connectivity index (χ4n) is 4.33. The Labute approximate surface area is 187 Å². The van der Waals surface area contributed by atoms with Gasteiger partial charge in [0.15, 0.2) is 11.5 Å². The van der Waals surface area contributed by atoms with Crippen LogP contribution in [0.2, 0.25) is 0 Å². The molecule has 7 nitrogen and oxygen atoms in total. The molecule has 2 aliphatic rings. The molecule has 0 saturated carbocycles. The summed E-state index contributed by atoms with van der Waals surface area (Å²) in [5.74, 6) is 1.02. The summed E-state index contributed by atoms with van der Waals surface area (Å²) in [6.45, 7) is 3.89. The smallest absolute Gasteiger partial charge is 0.240 e. The summed E-state index contributed by atoms with van der Waals surface area (Å²) >= 11 is 0. The average Bonchev–Trinajstić information content (AvgIpc) is 2.84. The van der Waals surface area contributed by atoms with Gasteiger partial charge in [-0.3, -0.25) is 4.90 Å². The minimum absolute atomic E-state index is 0.114. The Hall–Kier alpha value is -2.65. The molecule has 0 aromatic heterocycles.